The van der Waals surface area contributed by atoms with Gasteiger partial charge >= 0.3 is 12.0 Å². The van der Waals surface area contributed by atoms with Gasteiger partial charge in [0.25, 0.3) is 5.56 Å². The summed E-state index contributed by atoms with van der Waals surface area (Å²) in [5.41, 5.74) is 1.02. The summed E-state index contributed by atoms with van der Waals surface area (Å²) in [7, 11) is 1.51. The van der Waals surface area contributed by atoms with Crippen LogP contribution in [0.3, 0.4) is 0 Å². The molecule has 43 heavy (non-hydrogen) atoms. The van der Waals surface area contributed by atoms with E-state index in [9.17, 15) is 27.9 Å². The van der Waals surface area contributed by atoms with Crippen LogP contribution in [0, 0.1) is 17.5 Å². The van der Waals surface area contributed by atoms with Gasteiger partial charge in [0, 0.05) is 36.6 Å². The Bertz CT molecular complexity index is 1700. The Morgan fingerprint density at radius 1 is 1.00 bits per heavy atom. The number of amides is 1. The van der Waals surface area contributed by atoms with Gasteiger partial charge < -0.3 is 9.84 Å². The molecule has 0 saturated heterocycles. The lowest BCUT2D eigenvalue weighted by Crippen LogP contribution is -2.73. The standard InChI is InChI=1S/C30H29F3N6O4/c1-30(2,3)43-29(42)38(4)17-25(40)34-13-19-14-35-28(36-15-19)20-7-5-6-18(10-20)16-39-26(41)9-8-24(37-39)21-11-22(31)27(33)23(32)12-21/h5-12,14-15H,13,16-17H2,1-4H3,(H,34,40)/p+1. The molecule has 4 rings (SSSR count). The molecule has 0 aliphatic rings. The molecule has 2 N–H and O–H groups in total. The molecule has 0 aliphatic heterocycles. The highest BCUT2D eigenvalue weighted by molar-refractivity contribution is 5.76. The van der Waals surface area contributed by atoms with Crippen molar-refractivity contribution in [1.82, 2.24) is 24.6 Å². The molecule has 2 aromatic heterocycles. The van der Waals surface area contributed by atoms with Gasteiger partial charge in [0.1, 0.15) is 12.1 Å². The predicted molar refractivity (Wildman–Crippen MR) is 152 cm³/mol. The van der Waals surface area contributed by atoms with Crippen LogP contribution in [0.15, 0.2) is 65.7 Å². The Balaban J connectivity index is 1.44. The number of benzene rings is 2. The van der Waals surface area contributed by atoms with Crippen molar-refractivity contribution in [3.05, 3.63) is 99.9 Å². The number of ether oxygens (including phenoxy) is 1. The van der Waals surface area contributed by atoms with E-state index in [4.69, 9.17) is 4.74 Å². The SMILES string of the molecule is CN(CC(O)=[NH+]Cc1cnc(-c2cccc(Cn3nc(-c4cc(F)c(F)c(F)c4)ccc3=O)c2)nc1)C(=O)OC(C)(C)C. The summed E-state index contributed by atoms with van der Waals surface area (Å²) in [6.45, 7) is 5.44. The van der Waals surface area contributed by atoms with Gasteiger partial charge in [0.2, 0.25) is 0 Å². The molecule has 0 saturated carbocycles. The molecule has 2 heterocycles. The molecule has 1 amide bonds. The number of carbonyl (C=O) groups excluding carboxylic acids is 1. The van der Waals surface area contributed by atoms with Crippen LogP contribution >= 0.6 is 0 Å². The van der Waals surface area contributed by atoms with E-state index in [2.05, 4.69) is 20.1 Å². The zero-order valence-corrected chi connectivity index (χ0v) is 23.9. The van der Waals surface area contributed by atoms with E-state index in [0.29, 0.717) is 22.5 Å². The van der Waals surface area contributed by atoms with Gasteiger partial charge in [-0.25, -0.2) is 37.6 Å². The fourth-order valence-corrected chi connectivity index (χ4v) is 3.89. The molecular weight excluding hydrogens is 565 g/mol. The number of likely N-dealkylation sites (N-methyl/N-ethyl adjacent to an activating group) is 1. The first-order valence-electron chi connectivity index (χ1n) is 13.1. The Kier molecular flexibility index (Phi) is 9.22. The Hall–Kier alpha value is -5.07. The van der Waals surface area contributed by atoms with Crippen molar-refractivity contribution in [3.8, 4) is 22.6 Å². The molecule has 4 aromatic rings. The molecule has 224 valence electrons. The minimum absolute atomic E-state index is 0.0112. The first-order valence-corrected chi connectivity index (χ1v) is 13.1. The van der Waals surface area contributed by atoms with Crippen LogP contribution in [-0.2, 0) is 17.8 Å². The second-order valence-corrected chi connectivity index (χ2v) is 10.7. The number of hydrogen-bond donors (Lipinski definition) is 2. The number of aliphatic hydroxyl groups excluding tert-OH is 1. The number of halogens is 3. The summed E-state index contributed by atoms with van der Waals surface area (Å²) in [5, 5.41) is 14.4. The van der Waals surface area contributed by atoms with E-state index < -0.39 is 34.7 Å². The fraction of sp³-hybridized carbons (Fsp3) is 0.267. The average molecular weight is 596 g/mol. The summed E-state index contributed by atoms with van der Waals surface area (Å²) >= 11 is 0. The van der Waals surface area contributed by atoms with Crippen molar-refractivity contribution >= 4 is 12.0 Å². The third kappa shape index (κ3) is 8.24. The zero-order chi connectivity index (χ0) is 31.3. The average Bonchev–Trinajstić information content (AvgIpc) is 2.95. The number of aromatic nitrogens is 4. The Morgan fingerprint density at radius 2 is 1.67 bits per heavy atom. The van der Waals surface area contributed by atoms with Crippen molar-refractivity contribution in [3.63, 3.8) is 0 Å². The van der Waals surface area contributed by atoms with Crippen molar-refractivity contribution in [2.75, 3.05) is 13.6 Å². The molecule has 0 fully saturated rings. The highest BCUT2D eigenvalue weighted by Crippen LogP contribution is 2.22. The lowest BCUT2D eigenvalue weighted by molar-refractivity contribution is -0.485. The first kappa shape index (κ1) is 30.9. The summed E-state index contributed by atoms with van der Waals surface area (Å²) in [4.78, 5) is 37.4. The van der Waals surface area contributed by atoms with E-state index in [1.165, 1.54) is 24.1 Å². The van der Waals surface area contributed by atoms with Crippen molar-refractivity contribution in [1.29, 1.82) is 0 Å². The summed E-state index contributed by atoms with van der Waals surface area (Å²) < 4.78 is 47.2. The number of nitrogens with one attached hydrogen (secondary N) is 1. The Labute approximate surface area is 245 Å². The fourth-order valence-electron chi connectivity index (χ4n) is 3.89. The molecule has 0 bridgehead atoms. The molecule has 0 aliphatic carbocycles. The quantitative estimate of drug-likeness (QED) is 0.182. The second-order valence-electron chi connectivity index (χ2n) is 10.7. The highest BCUT2D eigenvalue weighted by Gasteiger charge is 2.22. The van der Waals surface area contributed by atoms with E-state index >= 15 is 0 Å². The molecule has 0 unspecified atom stereocenters. The van der Waals surface area contributed by atoms with Crippen LogP contribution < -0.4 is 10.6 Å². The number of aliphatic hydroxyl groups is 1. The predicted octanol–water partition coefficient (Wildman–Crippen LogP) is 3.24. The first-order chi connectivity index (χ1) is 20.3. The van der Waals surface area contributed by atoms with Crippen LogP contribution in [0.5, 0.6) is 0 Å². The van der Waals surface area contributed by atoms with E-state index in [1.54, 1.807) is 57.4 Å². The minimum Gasteiger partial charge on any atom is -0.462 e. The number of hydrogen-bond acceptors (Lipinski definition) is 6. The lowest BCUT2D eigenvalue weighted by Gasteiger charge is -2.23. The van der Waals surface area contributed by atoms with E-state index in [1.807, 2.05) is 0 Å². The number of carbonyl (C=O) groups is 1. The summed E-state index contributed by atoms with van der Waals surface area (Å²) in [6.07, 6.45) is 2.61. The number of nitrogens with zero attached hydrogens (tertiary/aromatic N) is 5. The smallest absolute Gasteiger partial charge is 0.410 e. The van der Waals surface area contributed by atoms with Crippen molar-refractivity contribution in [2.24, 2.45) is 0 Å². The number of rotatable bonds is 8. The van der Waals surface area contributed by atoms with Crippen LogP contribution in [0.1, 0.15) is 31.9 Å². The minimum atomic E-state index is -1.58. The molecular formula is C30H30F3N6O4+. The zero-order valence-electron chi connectivity index (χ0n) is 23.9. The maximum atomic E-state index is 13.7. The summed E-state index contributed by atoms with van der Waals surface area (Å²) in [6, 6.07) is 11.2. The van der Waals surface area contributed by atoms with Crippen molar-refractivity contribution in [2.45, 2.75) is 39.5 Å². The molecule has 0 radical (unpaired) electrons. The maximum Gasteiger partial charge on any atom is 0.410 e. The highest BCUT2D eigenvalue weighted by atomic mass is 19.2. The van der Waals surface area contributed by atoms with Gasteiger partial charge in [-0.3, -0.25) is 9.69 Å². The van der Waals surface area contributed by atoms with Gasteiger partial charge in [-0.2, -0.15) is 5.10 Å². The third-order valence-corrected chi connectivity index (χ3v) is 5.96. The molecule has 0 spiro atoms. The van der Waals surface area contributed by atoms with Crippen LogP contribution in [0.25, 0.3) is 22.6 Å². The molecule has 0 atom stereocenters. The normalized spacial score (nSPS) is 11.8. The topological polar surface area (TPSA) is 124 Å². The third-order valence-electron chi connectivity index (χ3n) is 5.96. The second kappa shape index (κ2) is 12.8. The maximum absolute atomic E-state index is 13.7. The van der Waals surface area contributed by atoms with Gasteiger partial charge in [-0.05, 0) is 50.6 Å². The van der Waals surface area contributed by atoms with E-state index in [-0.39, 0.29) is 36.8 Å². The van der Waals surface area contributed by atoms with Gasteiger partial charge in [-0.15, -0.1) is 0 Å². The van der Waals surface area contributed by atoms with Gasteiger partial charge in [-0.1, -0.05) is 18.2 Å². The molecule has 2 aromatic carbocycles. The Morgan fingerprint density at radius 3 is 2.33 bits per heavy atom. The van der Waals surface area contributed by atoms with Crippen LogP contribution in [-0.4, -0.2) is 60.9 Å². The van der Waals surface area contributed by atoms with Gasteiger partial charge in [0.05, 0.1) is 17.8 Å². The van der Waals surface area contributed by atoms with Crippen LogP contribution in [0.2, 0.25) is 0 Å². The van der Waals surface area contributed by atoms with Crippen molar-refractivity contribution < 1.29 is 32.8 Å². The van der Waals surface area contributed by atoms with Crippen LogP contribution in [0.4, 0.5) is 18.0 Å². The molecule has 10 nitrogen and oxygen atoms in total. The largest absolute Gasteiger partial charge is 0.462 e. The summed E-state index contributed by atoms with van der Waals surface area (Å²) in [5.74, 6) is -4.02. The molecule has 13 heteroatoms. The monoisotopic (exact) mass is 595 g/mol. The van der Waals surface area contributed by atoms with Gasteiger partial charge in [0.15, 0.2) is 29.8 Å². The lowest BCUT2D eigenvalue weighted by atomic mass is 10.1. The van der Waals surface area contributed by atoms with E-state index in [0.717, 1.165) is 16.8 Å².